The summed E-state index contributed by atoms with van der Waals surface area (Å²) in [5, 5.41) is 2.96. The summed E-state index contributed by atoms with van der Waals surface area (Å²) >= 11 is 0. The molecule has 4 rings (SSSR count). The zero-order valence-corrected chi connectivity index (χ0v) is 17.9. The predicted octanol–water partition coefficient (Wildman–Crippen LogP) is 4.52. The second-order valence-corrected chi connectivity index (χ2v) is 7.82. The number of anilines is 1. The lowest BCUT2D eigenvalue weighted by Crippen LogP contribution is -2.20. The van der Waals surface area contributed by atoms with Gasteiger partial charge in [-0.15, -0.1) is 0 Å². The Kier molecular flexibility index (Phi) is 6.04. The van der Waals surface area contributed by atoms with E-state index in [1.807, 2.05) is 31.2 Å². The maximum atomic E-state index is 12.8. The largest absolute Gasteiger partial charge is 0.493 e. The van der Waals surface area contributed by atoms with Crippen LogP contribution in [-0.4, -0.2) is 43.8 Å². The average molecular weight is 408 g/mol. The second kappa shape index (κ2) is 8.88. The minimum absolute atomic E-state index is 0.0634. The van der Waals surface area contributed by atoms with Crippen molar-refractivity contribution in [1.29, 1.82) is 0 Å². The van der Waals surface area contributed by atoms with Crippen molar-refractivity contribution in [1.82, 2.24) is 4.90 Å². The van der Waals surface area contributed by atoms with Crippen LogP contribution >= 0.6 is 0 Å². The number of carbonyl (C=O) groups is 1. The first-order valence-electron chi connectivity index (χ1n) is 10.6. The molecule has 2 aromatic carbocycles. The van der Waals surface area contributed by atoms with Crippen molar-refractivity contribution in [3.05, 3.63) is 47.5 Å². The van der Waals surface area contributed by atoms with Crippen LogP contribution in [0.15, 0.2) is 41.4 Å². The number of benzene rings is 2. The number of rotatable bonds is 7. The first-order valence-corrected chi connectivity index (χ1v) is 10.6. The van der Waals surface area contributed by atoms with Crippen LogP contribution in [0.2, 0.25) is 0 Å². The molecule has 1 saturated heterocycles. The zero-order valence-electron chi connectivity index (χ0n) is 17.9. The molecule has 2 aromatic rings. The molecule has 0 aliphatic carbocycles. The van der Waals surface area contributed by atoms with E-state index >= 15 is 0 Å². The molecule has 2 heterocycles. The highest BCUT2D eigenvalue weighted by Gasteiger charge is 2.35. The molecular weight excluding hydrogens is 378 g/mol. The van der Waals surface area contributed by atoms with Gasteiger partial charge in [0.15, 0.2) is 11.5 Å². The number of amides is 1. The van der Waals surface area contributed by atoms with Gasteiger partial charge in [-0.3, -0.25) is 14.7 Å². The number of likely N-dealkylation sites (tertiary alicyclic amines) is 1. The van der Waals surface area contributed by atoms with Crippen LogP contribution in [0.5, 0.6) is 11.5 Å². The molecule has 6 nitrogen and oxygen atoms in total. The van der Waals surface area contributed by atoms with Crippen molar-refractivity contribution in [3.8, 4) is 11.5 Å². The molecule has 1 amide bonds. The zero-order chi connectivity index (χ0) is 21.1. The molecule has 2 aliphatic rings. The maximum absolute atomic E-state index is 12.8. The molecule has 1 fully saturated rings. The van der Waals surface area contributed by atoms with E-state index in [1.54, 1.807) is 14.2 Å². The predicted molar refractivity (Wildman–Crippen MR) is 119 cm³/mol. The summed E-state index contributed by atoms with van der Waals surface area (Å²) in [7, 11) is 3.19. The highest BCUT2D eigenvalue weighted by molar-refractivity contribution is 6.19. The van der Waals surface area contributed by atoms with Crippen molar-refractivity contribution >= 4 is 23.0 Å². The number of nitrogens with zero attached hydrogens (tertiary/aromatic N) is 2. The molecule has 1 atom stereocenters. The first kappa shape index (κ1) is 20.4. The van der Waals surface area contributed by atoms with Crippen molar-refractivity contribution in [2.24, 2.45) is 4.99 Å². The van der Waals surface area contributed by atoms with Crippen LogP contribution in [0.4, 0.5) is 11.4 Å². The molecule has 30 heavy (non-hydrogen) atoms. The second-order valence-electron chi connectivity index (χ2n) is 7.82. The van der Waals surface area contributed by atoms with Crippen LogP contribution in [0, 0.1) is 0 Å². The van der Waals surface area contributed by atoms with Gasteiger partial charge in [0, 0.05) is 24.0 Å². The highest BCUT2D eigenvalue weighted by Crippen LogP contribution is 2.42. The molecule has 0 bridgehead atoms. The van der Waals surface area contributed by atoms with Gasteiger partial charge in [0.05, 0.1) is 19.9 Å². The topological polar surface area (TPSA) is 63.2 Å². The number of hydrogen-bond acceptors (Lipinski definition) is 5. The minimum atomic E-state index is -0.422. The summed E-state index contributed by atoms with van der Waals surface area (Å²) < 4.78 is 10.8. The lowest BCUT2D eigenvalue weighted by molar-refractivity contribution is -0.115. The summed E-state index contributed by atoms with van der Waals surface area (Å²) in [5.74, 6) is 0.723. The molecule has 0 spiro atoms. The van der Waals surface area contributed by atoms with Crippen LogP contribution < -0.4 is 14.8 Å². The van der Waals surface area contributed by atoms with E-state index in [2.05, 4.69) is 22.3 Å². The summed E-state index contributed by atoms with van der Waals surface area (Å²) in [6, 6.07) is 12.1. The van der Waals surface area contributed by atoms with Crippen LogP contribution in [0.3, 0.4) is 0 Å². The normalized spacial score (nSPS) is 19.0. The number of hydrogen-bond donors (Lipinski definition) is 1. The third kappa shape index (κ3) is 4.05. The Morgan fingerprint density at radius 1 is 1.10 bits per heavy atom. The molecular formula is C24H29N3O3. The molecule has 158 valence electrons. The van der Waals surface area contributed by atoms with Gasteiger partial charge >= 0.3 is 0 Å². The summed E-state index contributed by atoms with van der Waals surface area (Å²) in [6.45, 7) is 5.39. The van der Waals surface area contributed by atoms with E-state index in [0.717, 1.165) is 29.2 Å². The Labute approximate surface area is 177 Å². The third-order valence-electron chi connectivity index (χ3n) is 5.90. The fourth-order valence-electron chi connectivity index (χ4n) is 4.31. The fourth-order valence-corrected chi connectivity index (χ4v) is 4.31. The average Bonchev–Trinajstić information content (AvgIpc) is 3.38. The van der Waals surface area contributed by atoms with Gasteiger partial charge < -0.3 is 14.8 Å². The Hall–Kier alpha value is -2.86. The first-order chi connectivity index (χ1) is 14.6. The van der Waals surface area contributed by atoms with E-state index in [9.17, 15) is 4.79 Å². The van der Waals surface area contributed by atoms with Gasteiger partial charge in [0.25, 0.3) is 0 Å². The quantitative estimate of drug-likeness (QED) is 0.686. The van der Waals surface area contributed by atoms with Crippen LogP contribution in [0.1, 0.15) is 43.2 Å². The Balaban J connectivity index is 1.59. The number of methoxy groups -OCH3 is 2. The number of ether oxygens (including phenoxy) is 2. The van der Waals surface area contributed by atoms with Crippen LogP contribution in [-0.2, 0) is 11.3 Å². The summed E-state index contributed by atoms with van der Waals surface area (Å²) in [5.41, 5.74) is 4.65. The number of carbonyl (C=O) groups excluding carboxylic acids is 1. The lowest BCUT2D eigenvalue weighted by atomic mass is 9.93. The standard InChI is InChI=1S/C24H29N3O3/c1-4-19(25-17-9-7-16(8-10-17)15-27-11-5-6-12-27)23-18-13-21(29-2)22(30-3)14-20(18)26-24(23)28/h7-10,13-14,23H,4-6,11-12,15H2,1-3H3,(H,26,28). The Morgan fingerprint density at radius 2 is 1.77 bits per heavy atom. The molecule has 0 aromatic heterocycles. The van der Waals surface area contributed by atoms with E-state index < -0.39 is 5.92 Å². The van der Waals surface area contributed by atoms with Crippen LogP contribution in [0.25, 0.3) is 0 Å². The summed E-state index contributed by atoms with van der Waals surface area (Å²) in [6.07, 6.45) is 3.27. The van der Waals surface area contributed by atoms with Crippen molar-refractivity contribution in [2.45, 2.75) is 38.6 Å². The minimum Gasteiger partial charge on any atom is -0.493 e. The van der Waals surface area contributed by atoms with Gasteiger partial charge in [0.1, 0.15) is 5.92 Å². The van der Waals surface area contributed by atoms with Crippen molar-refractivity contribution in [2.75, 3.05) is 32.6 Å². The van der Waals surface area contributed by atoms with Gasteiger partial charge in [-0.25, -0.2) is 0 Å². The third-order valence-corrected chi connectivity index (χ3v) is 5.90. The molecule has 1 unspecified atom stereocenters. The smallest absolute Gasteiger partial charge is 0.237 e. The molecule has 1 N–H and O–H groups in total. The van der Waals surface area contributed by atoms with Crippen molar-refractivity contribution in [3.63, 3.8) is 0 Å². The number of nitrogens with one attached hydrogen (secondary N) is 1. The van der Waals surface area contributed by atoms with E-state index in [0.29, 0.717) is 17.9 Å². The maximum Gasteiger partial charge on any atom is 0.237 e. The fraction of sp³-hybridized carbons (Fsp3) is 0.417. The van der Waals surface area contributed by atoms with E-state index in [4.69, 9.17) is 14.5 Å². The van der Waals surface area contributed by atoms with Gasteiger partial charge in [-0.1, -0.05) is 19.1 Å². The highest BCUT2D eigenvalue weighted by atomic mass is 16.5. The van der Waals surface area contributed by atoms with Gasteiger partial charge in [-0.05, 0) is 61.7 Å². The molecule has 0 radical (unpaired) electrons. The molecule has 0 saturated carbocycles. The van der Waals surface area contributed by atoms with Gasteiger partial charge in [0.2, 0.25) is 5.91 Å². The number of fused-ring (bicyclic) bond motifs is 1. The molecule has 2 aliphatic heterocycles. The molecule has 6 heteroatoms. The Bertz CT molecular complexity index is 947. The van der Waals surface area contributed by atoms with Gasteiger partial charge in [-0.2, -0.15) is 0 Å². The Morgan fingerprint density at radius 3 is 2.40 bits per heavy atom. The van der Waals surface area contributed by atoms with E-state index in [-0.39, 0.29) is 5.91 Å². The number of aliphatic imine (C=N–C) groups is 1. The van der Waals surface area contributed by atoms with E-state index in [1.165, 1.54) is 31.5 Å². The SMILES string of the molecule is CCC(=Nc1ccc(CN2CCCC2)cc1)C1C(=O)Nc2cc(OC)c(OC)cc21. The lowest BCUT2D eigenvalue weighted by Gasteiger charge is -2.15. The monoisotopic (exact) mass is 407 g/mol. The summed E-state index contributed by atoms with van der Waals surface area (Å²) in [4.78, 5) is 20.1. The van der Waals surface area contributed by atoms with Crippen molar-refractivity contribution < 1.29 is 14.3 Å².